The number of nitrogens with one attached hydrogen (secondary N) is 15. The third kappa shape index (κ3) is 42.4. The smallest absolute Gasteiger partial charge is 0.303 e. The van der Waals surface area contributed by atoms with Crippen LogP contribution in [0.5, 0.6) is 5.75 Å². The average molecular weight is 1910 g/mol. The molecule has 3 rings (SSSR count). The van der Waals surface area contributed by atoms with Crippen LogP contribution in [0.4, 0.5) is 0 Å². The summed E-state index contributed by atoms with van der Waals surface area (Å²) in [5, 5.41) is 109. The zero-order valence-corrected chi connectivity index (χ0v) is 78.9. The normalized spacial score (nSPS) is 18.2. The van der Waals surface area contributed by atoms with Crippen molar-refractivity contribution in [2.45, 2.75) is 313 Å². The summed E-state index contributed by atoms with van der Waals surface area (Å²) < 4.78 is 11.1. The highest BCUT2D eigenvalue weighted by atomic mass is 16.7. The molecule has 0 aromatic heterocycles. The van der Waals surface area contributed by atoms with Gasteiger partial charge in [0.05, 0.1) is 38.3 Å². The lowest BCUT2D eigenvalue weighted by atomic mass is 9.98. The number of amides is 17. The molecule has 32 N–H and O–H groups in total. The van der Waals surface area contributed by atoms with E-state index in [1.165, 1.54) is 46.8 Å². The van der Waals surface area contributed by atoms with Crippen LogP contribution in [0.3, 0.4) is 0 Å². The molecular weight excluding hydrogens is 1770 g/mol. The lowest BCUT2D eigenvalue weighted by Gasteiger charge is -2.40. The van der Waals surface area contributed by atoms with Gasteiger partial charge in [0.1, 0.15) is 114 Å². The van der Waals surface area contributed by atoms with Gasteiger partial charge in [0.25, 0.3) is 0 Å². The monoisotopic (exact) mass is 1910 g/mol. The predicted octanol–water partition coefficient (Wildman–Crippen LogP) is -7.28. The number of carbonyl (C=O) groups is 18. The van der Waals surface area contributed by atoms with Gasteiger partial charge in [-0.1, -0.05) is 97.9 Å². The molecule has 17 amide bonds. The maximum atomic E-state index is 14.5. The summed E-state index contributed by atoms with van der Waals surface area (Å²) in [4.78, 5) is 249. The Morgan fingerprint density at radius 2 is 0.859 bits per heavy atom. The van der Waals surface area contributed by atoms with E-state index in [0.29, 0.717) is 24.0 Å². The molecule has 1 heterocycles. The number of ether oxygens (including phenoxy) is 2. The molecule has 1 saturated heterocycles. The number of carboxylic acids is 1. The second-order valence-corrected chi connectivity index (χ2v) is 35.9. The summed E-state index contributed by atoms with van der Waals surface area (Å²) in [6.07, 6.45) is -12.3. The molecule has 1 aliphatic rings. The molecule has 0 bridgehead atoms. The number of unbranched alkanes of at least 4 members (excludes halogenated alkanes) is 2. The van der Waals surface area contributed by atoms with Gasteiger partial charge in [0.2, 0.25) is 100 Å². The first-order chi connectivity index (χ1) is 63.2. The molecule has 0 spiro atoms. The molecular formula is C88H144N20O27. The van der Waals surface area contributed by atoms with Gasteiger partial charge in [-0.05, 0) is 172 Å². The van der Waals surface area contributed by atoms with Crippen LogP contribution in [0, 0.1) is 23.7 Å². The Hall–Kier alpha value is -11.7. The lowest BCUT2D eigenvalue weighted by Crippen LogP contribution is -2.63. The van der Waals surface area contributed by atoms with E-state index in [2.05, 4.69) is 79.8 Å². The second-order valence-electron chi connectivity index (χ2n) is 35.9. The summed E-state index contributed by atoms with van der Waals surface area (Å²) in [7, 11) is 0. The predicted molar refractivity (Wildman–Crippen MR) is 487 cm³/mol. The molecule has 2 aromatic carbocycles. The van der Waals surface area contributed by atoms with E-state index in [4.69, 9.17) is 38.1 Å². The molecule has 0 radical (unpaired) electrons. The van der Waals surface area contributed by atoms with Gasteiger partial charge in [0.15, 0.2) is 6.29 Å². The molecule has 135 heavy (non-hydrogen) atoms. The zero-order valence-electron chi connectivity index (χ0n) is 78.9. The minimum absolute atomic E-state index is 0.00440. The number of aliphatic hydroxyl groups is 5. The van der Waals surface area contributed by atoms with Crippen LogP contribution in [0.1, 0.15) is 185 Å². The Morgan fingerprint density at radius 3 is 1.33 bits per heavy atom. The number of hydrogen-bond acceptors (Lipinski definition) is 29. The van der Waals surface area contributed by atoms with Crippen molar-refractivity contribution < 1.29 is 132 Å². The van der Waals surface area contributed by atoms with Gasteiger partial charge < -0.3 is 154 Å². The number of carbonyl (C=O) groups excluding carboxylic acids is 17. The van der Waals surface area contributed by atoms with Crippen LogP contribution >= 0.6 is 0 Å². The first kappa shape index (κ1) is 117. The van der Waals surface area contributed by atoms with Gasteiger partial charge in [-0.15, -0.1) is 0 Å². The molecule has 20 atom stereocenters. The number of benzene rings is 2. The number of primary amides is 2. The van der Waals surface area contributed by atoms with E-state index in [-0.39, 0.29) is 101 Å². The Kier molecular flexibility index (Phi) is 51.0. The maximum absolute atomic E-state index is 14.5. The van der Waals surface area contributed by atoms with E-state index in [1.54, 1.807) is 97.9 Å². The van der Waals surface area contributed by atoms with Crippen LogP contribution in [-0.4, -0.2) is 302 Å². The third-order valence-corrected chi connectivity index (χ3v) is 21.4. The molecule has 0 saturated carbocycles. The van der Waals surface area contributed by atoms with Gasteiger partial charge in [-0.3, -0.25) is 86.3 Å². The maximum Gasteiger partial charge on any atom is 0.303 e. The number of aliphatic hydroxyl groups excluding tert-OH is 5. The molecule has 47 heteroatoms. The number of nitrogens with two attached hydrogens (primary N) is 5. The van der Waals surface area contributed by atoms with Crippen molar-refractivity contribution in [2.75, 3.05) is 32.8 Å². The van der Waals surface area contributed by atoms with Crippen LogP contribution in [0.25, 0.3) is 0 Å². The minimum atomic E-state index is -2.05. The van der Waals surface area contributed by atoms with E-state index in [1.807, 2.05) is 0 Å². The van der Waals surface area contributed by atoms with Crippen LogP contribution < -0.4 is 108 Å². The van der Waals surface area contributed by atoms with Gasteiger partial charge in [-0.2, -0.15) is 0 Å². The quantitative estimate of drug-likeness (QED) is 0.0274. The van der Waals surface area contributed by atoms with Crippen molar-refractivity contribution in [1.29, 1.82) is 0 Å². The Balaban J connectivity index is 1.83. The summed E-state index contributed by atoms with van der Waals surface area (Å²) in [5.74, 6) is -19.8. The van der Waals surface area contributed by atoms with Crippen molar-refractivity contribution in [3.63, 3.8) is 0 Å². The van der Waals surface area contributed by atoms with Crippen molar-refractivity contribution in [2.24, 2.45) is 52.3 Å². The number of rotatable bonds is 61. The first-order valence-corrected chi connectivity index (χ1v) is 45.1. The highest BCUT2D eigenvalue weighted by molar-refractivity contribution is 6.02. The number of aliphatic carboxylic acids is 1. The van der Waals surface area contributed by atoms with E-state index < -0.39 is 278 Å². The van der Waals surface area contributed by atoms with Crippen molar-refractivity contribution in [3.8, 4) is 5.75 Å². The number of phenolic OH excluding ortho intramolecular Hbond substituents is 1. The number of hydrogen-bond donors (Lipinski definition) is 27. The first-order valence-electron chi connectivity index (χ1n) is 45.1. The van der Waals surface area contributed by atoms with E-state index in [0.717, 1.165) is 0 Å². The topological polar surface area (TPSA) is 778 Å². The second kappa shape index (κ2) is 58.6. The number of aromatic hydroxyl groups is 1. The molecule has 47 nitrogen and oxygen atoms in total. The molecule has 758 valence electrons. The van der Waals surface area contributed by atoms with E-state index >= 15 is 0 Å². The largest absolute Gasteiger partial charge is 0.508 e. The van der Waals surface area contributed by atoms with Crippen molar-refractivity contribution in [1.82, 2.24) is 79.8 Å². The fourth-order valence-electron chi connectivity index (χ4n) is 13.9. The summed E-state index contributed by atoms with van der Waals surface area (Å²) in [5.41, 5.74) is 27.9. The highest BCUT2D eigenvalue weighted by Crippen LogP contribution is 2.24. The van der Waals surface area contributed by atoms with Crippen LogP contribution in [0.15, 0.2) is 54.6 Å². The minimum Gasteiger partial charge on any atom is -0.508 e. The highest BCUT2D eigenvalue weighted by Gasteiger charge is 2.46. The fraction of sp³-hybridized carbons (Fsp3) is 0.659. The number of carboxylic acid groups (broad SMARTS) is 1. The fourth-order valence-corrected chi connectivity index (χ4v) is 13.9. The van der Waals surface area contributed by atoms with Crippen molar-refractivity contribution >= 4 is 106 Å². The standard InChI is InChI=1S/C88H144N20O27/c1-43(2)33-57(72(93)119)100-83(130)63(42-134-86-71(118)70(117)69(116)64(41-109)135-86)105-77(124)55(24-18-20-32-90)99-80(127)59(35-45(5)6)101-73(120)47(9)95-76(123)54(23-17-19-31-89)98-78(125)56(29-30-67(114)115)106-87(133)88(12,13)108-84(131)60(36-46(7)8)104-82(129)62(39-65(92)112)102-74(121)48(10)96-79(126)58(34-44(3)4)103-81(128)61(38-50-21-15-14-16-22-50)97-66(113)40-94-85(132)68(49(11)110)107-75(122)53(91)37-51-25-27-52(111)28-26-51/h14-16,21-22,25-28,43-49,53-64,68-71,86,109-111,116-118H,17-20,23-24,29-42,89-91H2,1-13H3,(H2,92,112)(H2,93,119)(H,94,132)(H,95,123)(H,96,126)(H,97,113)(H,98,125)(H,99,127)(H,100,130)(H,101,120)(H,102,121)(H,103,128)(H,104,129)(H,105,124)(H,106,133)(H,107,122)(H,108,131)(H,114,115)/t47-,48-,49+,53-,54-,55-,56-,57-,58-,59-,60-,61-,62-,63-,64+,68-,69+,70-,71+,86+/m0/s1. The van der Waals surface area contributed by atoms with E-state index in [9.17, 15) is 122 Å². The SMILES string of the molecule is CC(C)C[C@H](NC(=O)[C@H](CO[C@@H]1O[C@H](CO)[C@@H](O)[C@H](O)[C@H]1O)NC(=O)[C@H](CCCCN)NC(=O)[C@H](CC(C)C)NC(=O)[C@H](C)NC(=O)[C@H](CCCCN)NC(=O)[C@H](CCC(=O)O)NC(=O)C(C)(C)NC(=O)[C@H](CC(C)C)NC(=O)[C@H](CC(N)=O)NC(=O)[C@H](C)NC(=O)[C@H](CC(C)C)NC(=O)[C@H](Cc1ccccc1)NC(=O)CNC(=O)[C@@H](NC(=O)[C@@H](N)Cc1ccc(O)cc1)[C@@H](C)O)C(N)=O. The van der Waals surface area contributed by atoms with Crippen LogP contribution in [-0.2, 0) is 109 Å². The Morgan fingerprint density at radius 1 is 0.444 bits per heavy atom. The Bertz CT molecular complexity index is 4260. The van der Waals surface area contributed by atoms with Gasteiger partial charge in [-0.25, -0.2) is 0 Å². The summed E-state index contributed by atoms with van der Waals surface area (Å²) in [6, 6.07) is -7.19. The molecule has 0 unspecified atom stereocenters. The third-order valence-electron chi connectivity index (χ3n) is 21.4. The van der Waals surface area contributed by atoms with Gasteiger partial charge in [0, 0.05) is 12.8 Å². The number of phenols is 1. The molecule has 0 aliphatic carbocycles. The Labute approximate surface area is 784 Å². The average Bonchev–Trinajstić information content (AvgIpc) is 0.808. The van der Waals surface area contributed by atoms with Gasteiger partial charge >= 0.3 is 5.97 Å². The summed E-state index contributed by atoms with van der Waals surface area (Å²) in [6.45, 7) is 17.5. The molecule has 2 aromatic rings. The summed E-state index contributed by atoms with van der Waals surface area (Å²) >= 11 is 0. The van der Waals surface area contributed by atoms with Crippen molar-refractivity contribution in [3.05, 3.63) is 65.7 Å². The lowest BCUT2D eigenvalue weighted by molar-refractivity contribution is -0.301. The van der Waals surface area contributed by atoms with Crippen LogP contribution in [0.2, 0.25) is 0 Å². The zero-order chi connectivity index (χ0) is 102. The molecule has 1 aliphatic heterocycles. The molecule has 1 fully saturated rings.